The van der Waals surface area contributed by atoms with Gasteiger partial charge in [0.2, 0.25) is 5.82 Å². The maximum absolute atomic E-state index is 12.1. The highest BCUT2D eigenvalue weighted by Crippen LogP contribution is 2.30. The second kappa shape index (κ2) is 7.87. The number of fused-ring (bicyclic) bond motifs is 1. The number of hydrogen-bond acceptors (Lipinski definition) is 7. The Kier molecular flexibility index (Phi) is 4.96. The van der Waals surface area contributed by atoms with Crippen molar-refractivity contribution in [3.05, 3.63) is 54.1 Å². The molecular formula is C19H18N6O3. The molecule has 0 atom stereocenters. The van der Waals surface area contributed by atoms with Gasteiger partial charge in [0.1, 0.15) is 19.8 Å². The number of carbonyl (C=O) groups excluding carboxylic acids is 1. The van der Waals surface area contributed by atoms with E-state index < -0.39 is 0 Å². The van der Waals surface area contributed by atoms with Crippen molar-refractivity contribution in [2.75, 3.05) is 13.2 Å². The van der Waals surface area contributed by atoms with Gasteiger partial charge in [-0.1, -0.05) is 30.3 Å². The molecule has 3 aromatic rings. The van der Waals surface area contributed by atoms with Crippen LogP contribution < -0.4 is 14.9 Å². The van der Waals surface area contributed by atoms with E-state index >= 15 is 0 Å². The summed E-state index contributed by atoms with van der Waals surface area (Å²) < 4.78 is 11.1. The van der Waals surface area contributed by atoms with Crippen LogP contribution in [0.4, 0.5) is 0 Å². The molecule has 2 aromatic carbocycles. The molecule has 142 valence electrons. The van der Waals surface area contributed by atoms with E-state index in [0.29, 0.717) is 36.2 Å². The Bertz CT molecular complexity index is 1020. The number of aromatic nitrogens is 4. The average molecular weight is 378 g/mol. The molecule has 1 aliphatic rings. The monoisotopic (exact) mass is 378 g/mol. The van der Waals surface area contributed by atoms with Crippen molar-refractivity contribution in [3.63, 3.8) is 0 Å². The van der Waals surface area contributed by atoms with Crippen LogP contribution in [-0.2, 0) is 11.3 Å². The van der Waals surface area contributed by atoms with E-state index in [4.69, 9.17) is 9.47 Å². The fourth-order valence-corrected chi connectivity index (χ4v) is 2.66. The zero-order valence-electron chi connectivity index (χ0n) is 15.2. The second-order valence-corrected chi connectivity index (χ2v) is 6.10. The highest BCUT2D eigenvalue weighted by atomic mass is 16.6. The Morgan fingerprint density at radius 3 is 2.75 bits per heavy atom. The molecule has 0 spiro atoms. The summed E-state index contributed by atoms with van der Waals surface area (Å²) in [6.45, 7) is 2.77. The molecule has 0 unspecified atom stereocenters. The van der Waals surface area contributed by atoms with Crippen LogP contribution in [0.5, 0.6) is 11.5 Å². The van der Waals surface area contributed by atoms with Crippen LogP contribution in [0.2, 0.25) is 0 Å². The lowest BCUT2D eigenvalue weighted by atomic mass is 10.1. The Hall–Kier alpha value is -3.75. The molecule has 28 heavy (non-hydrogen) atoms. The van der Waals surface area contributed by atoms with Crippen LogP contribution in [0, 0.1) is 0 Å². The van der Waals surface area contributed by atoms with Crippen molar-refractivity contribution in [1.82, 2.24) is 25.6 Å². The van der Waals surface area contributed by atoms with Gasteiger partial charge in [0.25, 0.3) is 5.91 Å². The van der Waals surface area contributed by atoms with Gasteiger partial charge >= 0.3 is 0 Å². The Morgan fingerprint density at radius 2 is 1.93 bits per heavy atom. The van der Waals surface area contributed by atoms with Crippen LogP contribution in [-0.4, -0.2) is 45.0 Å². The Morgan fingerprint density at radius 1 is 1.14 bits per heavy atom. The summed E-state index contributed by atoms with van der Waals surface area (Å²) in [6.07, 6.45) is 0. The smallest absolute Gasteiger partial charge is 0.263 e. The van der Waals surface area contributed by atoms with Crippen molar-refractivity contribution in [3.8, 4) is 22.9 Å². The molecule has 0 aliphatic carbocycles. The van der Waals surface area contributed by atoms with E-state index in [1.54, 1.807) is 6.92 Å². The van der Waals surface area contributed by atoms with E-state index in [2.05, 4.69) is 25.9 Å². The van der Waals surface area contributed by atoms with Gasteiger partial charge in [0.15, 0.2) is 11.5 Å². The largest absolute Gasteiger partial charge is 0.486 e. The van der Waals surface area contributed by atoms with Crippen molar-refractivity contribution in [2.24, 2.45) is 5.10 Å². The summed E-state index contributed by atoms with van der Waals surface area (Å²) in [5.74, 6) is 1.49. The fraction of sp³-hybridized carbons (Fsp3) is 0.211. The predicted molar refractivity (Wildman–Crippen MR) is 101 cm³/mol. The lowest BCUT2D eigenvalue weighted by Crippen LogP contribution is -2.25. The number of ether oxygens (including phenoxy) is 2. The van der Waals surface area contributed by atoms with Crippen LogP contribution in [0.25, 0.3) is 11.4 Å². The minimum absolute atomic E-state index is 0.0856. The number of amides is 1. The molecule has 0 saturated heterocycles. The molecule has 9 nitrogen and oxygen atoms in total. The summed E-state index contributed by atoms with van der Waals surface area (Å²) in [6, 6.07) is 15.0. The molecule has 0 saturated carbocycles. The number of tetrazole rings is 1. The molecule has 0 bridgehead atoms. The summed E-state index contributed by atoms with van der Waals surface area (Å²) in [5.41, 5.74) is 4.81. The molecule has 1 amide bonds. The van der Waals surface area contributed by atoms with Crippen molar-refractivity contribution in [2.45, 2.75) is 13.5 Å². The maximum Gasteiger partial charge on any atom is 0.263 e. The summed E-state index contributed by atoms with van der Waals surface area (Å²) >= 11 is 0. The van der Waals surface area contributed by atoms with Crippen molar-refractivity contribution >= 4 is 11.6 Å². The molecular weight excluding hydrogens is 360 g/mol. The topological polar surface area (TPSA) is 104 Å². The number of nitrogens with zero attached hydrogens (tertiary/aromatic N) is 5. The first-order valence-electron chi connectivity index (χ1n) is 8.75. The first-order valence-corrected chi connectivity index (χ1v) is 8.75. The van der Waals surface area contributed by atoms with Crippen LogP contribution in [0.1, 0.15) is 12.5 Å². The highest BCUT2D eigenvalue weighted by Gasteiger charge is 2.13. The van der Waals surface area contributed by atoms with Crippen molar-refractivity contribution < 1.29 is 14.3 Å². The molecule has 0 radical (unpaired) electrons. The minimum atomic E-state index is -0.353. The van der Waals surface area contributed by atoms with E-state index in [1.165, 1.54) is 4.80 Å². The van der Waals surface area contributed by atoms with Gasteiger partial charge in [0.05, 0.1) is 5.71 Å². The van der Waals surface area contributed by atoms with E-state index in [1.807, 2.05) is 48.5 Å². The number of rotatable bonds is 5. The van der Waals surface area contributed by atoms with Gasteiger partial charge in [0, 0.05) is 11.1 Å². The third kappa shape index (κ3) is 3.98. The van der Waals surface area contributed by atoms with E-state index in [0.717, 1.165) is 11.1 Å². The van der Waals surface area contributed by atoms with Gasteiger partial charge in [-0.05, 0) is 30.3 Å². The molecule has 2 heterocycles. The van der Waals surface area contributed by atoms with E-state index in [-0.39, 0.29) is 12.5 Å². The van der Waals surface area contributed by atoms with Crippen LogP contribution in [0.3, 0.4) is 0 Å². The highest BCUT2D eigenvalue weighted by molar-refractivity contribution is 5.99. The van der Waals surface area contributed by atoms with Gasteiger partial charge in [-0.3, -0.25) is 4.79 Å². The first-order chi connectivity index (χ1) is 13.7. The van der Waals surface area contributed by atoms with Gasteiger partial charge < -0.3 is 9.47 Å². The lowest BCUT2D eigenvalue weighted by Gasteiger charge is -2.18. The molecule has 9 heteroatoms. The second-order valence-electron chi connectivity index (χ2n) is 6.10. The maximum atomic E-state index is 12.1. The minimum Gasteiger partial charge on any atom is -0.486 e. The number of nitrogens with one attached hydrogen (secondary N) is 1. The predicted octanol–water partition coefficient (Wildman–Crippen LogP) is 1.65. The van der Waals surface area contributed by atoms with Crippen LogP contribution in [0.15, 0.2) is 53.6 Å². The third-order valence-electron chi connectivity index (χ3n) is 4.08. The zero-order chi connectivity index (χ0) is 19.3. The average Bonchev–Trinajstić information content (AvgIpc) is 3.20. The fourth-order valence-electron chi connectivity index (χ4n) is 2.66. The molecule has 1 N–H and O–H groups in total. The number of hydrogen-bond donors (Lipinski definition) is 1. The van der Waals surface area contributed by atoms with Gasteiger partial charge in [-0.15, -0.1) is 10.2 Å². The zero-order valence-corrected chi connectivity index (χ0v) is 15.2. The quantitative estimate of drug-likeness (QED) is 0.535. The number of carbonyl (C=O) groups is 1. The van der Waals surface area contributed by atoms with Crippen LogP contribution >= 0.6 is 0 Å². The SMILES string of the molecule is C/C(=N\NC(=O)Cn1nnc(-c2ccccc2)n1)c1ccc2c(c1)OCCO2. The lowest BCUT2D eigenvalue weighted by molar-refractivity contribution is -0.122. The van der Waals surface area contributed by atoms with E-state index in [9.17, 15) is 4.79 Å². The Labute approximate surface area is 161 Å². The number of benzene rings is 2. The standard InChI is InChI=1S/C19H18N6O3/c1-13(15-7-8-16-17(11-15)28-10-9-27-16)20-21-18(26)12-25-23-19(22-24-25)14-5-3-2-4-6-14/h2-8,11H,9-10,12H2,1H3,(H,21,26)/b20-13+. The molecule has 1 aliphatic heterocycles. The summed E-state index contributed by atoms with van der Waals surface area (Å²) in [5, 5.41) is 16.2. The molecule has 4 rings (SSSR count). The summed E-state index contributed by atoms with van der Waals surface area (Å²) in [4.78, 5) is 13.4. The third-order valence-corrected chi connectivity index (χ3v) is 4.08. The Balaban J connectivity index is 1.38. The van der Waals surface area contributed by atoms with Gasteiger partial charge in [-0.2, -0.15) is 9.90 Å². The number of hydrazone groups is 1. The van der Waals surface area contributed by atoms with Crippen molar-refractivity contribution in [1.29, 1.82) is 0 Å². The molecule has 0 fully saturated rings. The summed E-state index contributed by atoms with van der Waals surface area (Å²) in [7, 11) is 0. The first kappa shape index (κ1) is 17.7. The molecule has 1 aromatic heterocycles. The van der Waals surface area contributed by atoms with Gasteiger partial charge in [-0.25, -0.2) is 5.43 Å². The normalized spacial score (nSPS) is 13.2.